The lowest BCUT2D eigenvalue weighted by Gasteiger charge is -2.22. The summed E-state index contributed by atoms with van der Waals surface area (Å²) in [5, 5.41) is 14.1. The molecule has 130 valence electrons. The molecule has 1 saturated heterocycles. The van der Waals surface area contributed by atoms with Crippen molar-refractivity contribution in [2.75, 3.05) is 19.8 Å². The van der Waals surface area contributed by atoms with Crippen LogP contribution in [0, 0.1) is 0 Å². The van der Waals surface area contributed by atoms with Crippen LogP contribution in [0.25, 0.3) is 11.4 Å². The average molecular weight is 347 g/mol. The summed E-state index contributed by atoms with van der Waals surface area (Å²) in [5.74, 6) is 2.08. The number of ether oxygens (including phenoxy) is 2. The van der Waals surface area contributed by atoms with Gasteiger partial charge in [0.25, 0.3) is 0 Å². The van der Waals surface area contributed by atoms with Crippen LogP contribution in [0.2, 0.25) is 25.7 Å². The van der Waals surface area contributed by atoms with E-state index in [2.05, 4.69) is 29.7 Å². The zero-order chi connectivity index (χ0) is 17.2. The molecule has 1 aromatic heterocycles. The maximum Gasteiger partial charge on any atom is 0.160 e. The van der Waals surface area contributed by atoms with E-state index in [0.29, 0.717) is 19.9 Å². The zero-order valence-corrected chi connectivity index (χ0v) is 15.5. The molecule has 2 aromatic rings. The van der Waals surface area contributed by atoms with Crippen molar-refractivity contribution in [1.29, 1.82) is 0 Å². The normalized spacial score (nSPS) is 15.5. The van der Waals surface area contributed by atoms with Crippen LogP contribution in [0.5, 0.6) is 5.75 Å². The summed E-state index contributed by atoms with van der Waals surface area (Å²) in [6.45, 7) is 9.49. The topological polar surface area (TPSA) is 69.4 Å². The first-order chi connectivity index (χ1) is 11.4. The first-order valence-corrected chi connectivity index (χ1v) is 12.0. The Morgan fingerprint density at radius 1 is 1.25 bits per heavy atom. The van der Waals surface area contributed by atoms with Gasteiger partial charge in [-0.2, -0.15) is 5.10 Å². The van der Waals surface area contributed by atoms with Crippen molar-refractivity contribution in [1.82, 2.24) is 14.8 Å². The Kier molecular flexibility index (Phi) is 5.03. The highest BCUT2D eigenvalue weighted by Gasteiger charge is 2.26. The van der Waals surface area contributed by atoms with Gasteiger partial charge in [0, 0.05) is 20.2 Å². The largest absolute Gasteiger partial charge is 0.508 e. The fraction of sp³-hybridized carbons (Fsp3) is 0.529. The molecular weight excluding hydrogens is 322 g/mol. The van der Waals surface area contributed by atoms with Crippen LogP contribution in [0.15, 0.2) is 24.3 Å². The monoisotopic (exact) mass is 347 g/mol. The molecule has 0 spiro atoms. The van der Waals surface area contributed by atoms with Crippen molar-refractivity contribution in [2.24, 2.45) is 0 Å². The molecule has 2 heterocycles. The molecule has 1 aliphatic rings. The Balaban J connectivity index is 1.75. The van der Waals surface area contributed by atoms with Crippen LogP contribution in [0.3, 0.4) is 0 Å². The third-order valence-electron chi connectivity index (χ3n) is 4.03. The summed E-state index contributed by atoms with van der Waals surface area (Å²) in [4.78, 5) is 4.68. The summed E-state index contributed by atoms with van der Waals surface area (Å²) in [6.07, 6.45) is 0. The number of phenolic OH excluding ortho intramolecular Hbond substituents is 1. The molecule has 1 N–H and O–H groups in total. The van der Waals surface area contributed by atoms with E-state index < -0.39 is 8.07 Å². The Bertz CT molecular complexity index is 675. The maximum absolute atomic E-state index is 9.48. The van der Waals surface area contributed by atoms with Crippen LogP contribution in [0.1, 0.15) is 11.7 Å². The Morgan fingerprint density at radius 2 is 1.96 bits per heavy atom. The minimum Gasteiger partial charge on any atom is -0.508 e. The molecule has 0 bridgehead atoms. The second kappa shape index (κ2) is 7.04. The highest BCUT2D eigenvalue weighted by atomic mass is 28.3. The Morgan fingerprint density at radius 3 is 2.54 bits per heavy atom. The molecule has 6 nitrogen and oxygen atoms in total. The van der Waals surface area contributed by atoms with E-state index in [-0.39, 0.29) is 11.7 Å². The summed E-state index contributed by atoms with van der Waals surface area (Å²) in [6, 6.07) is 8.14. The quantitative estimate of drug-likeness (QED) is 0.616. The lowest BCUT2D eigenvalue weighted by atomic mass is 10.1. The molecule has 1 aliphatic heterocycles. The van der Waals surface area contributed by atoms with Crippen molar-refractivity contribution in [3.05, 3.63) is 30.1 Å². The van der Waals surface area contributed by atoms with E-state index in [1.807, 2.05) is 16.8 Å². The van der Waals surface area contributed by atoms with Crippen molar-refractivity contribution in [3.63, 3.8) is 0 Å². The first-order valence-electron chi connectivity index (χ1n) is 8.32. The molecule has 0 saturated carbocycles. The van der Waals surface area contributed by atoms with Crippen LogP contribution < -0.4 is 0 Å². The number of nitrogens with zero attached hydrogens (tertiary/aromatic N) is 3. The van der Waals surface area contributed by atoms with Gasteiger partial charge >= 0.3 is 0 Å². The number of phenols is 1. The number of rotatable bonds is 7. The van der Waals surface area contributed by atoms with E-state index in [1.54, 1.807) is 12.1 Å². The van der Waals surface area contributed by atoms with Gasteiger partial charge in [0.1, 0.15) is 12.5 Å². The van der Waals surface area contributed by atoms with E-state index in [9.17, 15) is 5.11 Å². The Labute approximate surface area is 143 Å². The summed E-state index contributed by atoms with van der Waals surface area (Å²) < 4.78 is 12.9. The third kappa shape index (κ3) is 4.22. The number of benzene rings is 1. The van der Waals surface area contributed by atoms with Crippen molar-refractivity contribution in [3.8, 4) is 17.1 Å². The van der Waals surface area contributed by atoms with E-state index in [0.717, 1.165) is 29.9 Å². The molecule has 7 heteroatoms. The molecule has 24 heavy (non-hydrogen) atoms. The van der Waals surface area contributed by atoms with Gasteiger partial charge in [-0.15, -0.1) is 0 Å². The second-order valence-electron chi connectivity index (χ2n) is 7.42. The second-order valence-corrected chi connectivity index (χ2v) is 13.0. The van der Waals surface area contributed by atoms with E-state index in [4.69, 9.17) is 9.47 Å². The summed E-state index contributed by atoms with van der Waals surface area (Å²) in [5.41, 5.74) is 0.917. The van der Waals surface area contributed by atoms with E-state index in [1.165, 1.54) is 0 Å². The number of hydrogen-bond donors (Lipinski definition) is 1. The molecule has 0 aliphatic carbocycles. The molecule has 0 radical (unpaired) electrons. The van der Waals surface area contributed by atoms with Crippen LogP contribution in [-0.2, 0) is 16.2 Å². The highest BCUT2D eigenvalue weighted by molar-refractivity contribution is 6.76. The van der Waals surface area contributed by atoms with Crippen LogP contribution >= 0.6 is 0 Å². The highest BCUT2D eigenvalue weighted by Crippen LogP contribution is 2.26. The predicted molar refractivity (Wildman–Crippen MR) is 94.8 cm³/mol. The fourth-order valence-electron chi connectivity index (χ4n) is 2.36. The van der Waals surface area contributed by atoms with Gasteiger partial charge in [0.05, 0.1) is 19.1 Å². The molecule has 1 fully saturated rings. The SMILES string of the molecule is C[Si](C)(C)CCOCn1nc(C2COC2)nc1-c1ccc(O)cc1. The van der Waals surface area contributed by atoms with E-state index >= 15 is 0 Å². The predicted octanol–water partition coefficient (Wildman–Crippen LogP) is 3.08. The van der Waals surface area contributed by atoms with Crippen molar-refractivity contribution >= 4 is 8.07 Å². The Hall–Kier alpha value is -1.70. The lowest BCUT2D eigenvalue weighted by Crippen LogP contribution is -2.26. The number of hydrogen-bond acceptors (Lipinski definition) is 5. The minimum atomic E-state index is -1.10. The molecule has 0 amide bonds. The zero-order valence-electron chi connectivity index (χ0n) is 14.5. The van der Waals surface area contributed by atoms with Gasteiger partial charge in [-0.1, -0.05) is 19.6 Å². The molecule has 3 rings (SSSR count). The van der Waals surface area contributed by atoms with Crippen LogP contribution in [-0.4, -0.2) is 47.8 Å². The van der Waals surface area contributed by atoms with Crippen molar-refractivity contribution in [2.45, 2.75) is 38.3 Å². The summed E-state index contributed by atoms with van der Waals surface area (Å²) >= 11 is 0. The first kappa shape index (κ1) is 17.1. The molecular formula is C17H25N3O3Si. The van der Waals surface area contributed by atoms with Gasteiger partial charge in [-0.25, -0.2) is 9.67 Å². The average Bonchev–Trinajstić information content (AvgIpc) is 2.85. The molecule has 0 atom stereocenters. The summed E-state index contributed by atoms with van der Waals surface area (Å²) in [7, 11) is -1.10. The molecule has 1 aromatic carbocycles. The lowest BCUT2D eigenvalue weighted by molar-refractivity contribution is 0.00421. The third-order valence-corrected chi connectivity index (χ3v) is 5.73. The van der Waals surface area contributed by atoms with Crippen molar-refractivity contribution < 1.29 is 14.6 Å². The van der Waals surface area contributed by atoms with Gasteiger partial charge in [0.15, 0.2) is 11.6 Å². The number of aromatic nitrogens is 3. The van der Waals surface area contributed by atoms with Gasteiger partial charge in [-0.05, 0) is 30.3 Å². The maximum atomic E-state index is 9.48. The smallest absolute Gasteiger partial charge is 0.160 e. The number of aromatic hydroxyl groups is 1. The van der Waals surface area contributed by atoms with Gasteiger partial charge in [-0.3, -0.25) is 0 Å². The standard InChI is InChI=1S/C17H25N3O3Si/c1-24(2,3)9-8-22-12-20-17(13-4-6-15(21)7-5-13)18-16(19-20)14-10-23-11-14/h4-7,14,21H,8-12H2,1-3H3. The van der Waals surface area contributed by atoms with Gasteiger partial charge < -0.3 is 14.6 Å². The minimum absolute atomic E-state index is 0.240. The molecule has 0 unspecified atom stereocenters. The van der Waals surface area contributed by atoms with Gasteiger partial charge in [0.2, 0.25) is 0 Å². The van der Waals surface area contributed by atoms with Crippen LogP contribution in [0.4, 0.5) is 0 Å². The fourth-order valence-corrected chi connectivity index (χ4v) is 3.12.